The fourth-order valence-electron chi connectivity index (χ4n) is 2.25. The van der Waals surface area contributed by atoms with Crippen LogP contribution in [-0.4, -0.2) is 28.7 Å². The molecule has 0 saturated carbocycles. The van der Waals surface area contributed by atoms with Gasteiger partial charge >= 0.3 is 0 Å². The van der Waals surface area contributed by atoms with Gasteiger partial charge in [-0.1, -0.05) is 6.07 Å². The Morgan fingerprint density at radius 3 is 3.05 bits per heavy atom. The Morgan fingerprint density at radius 2 is 2.25 bits per heavy atom. The van der Waals surface area contributed by atoms with Crippen molar-refractivity contribution in [2.24, 2.45) is 0 Å². The number of rotatable bonds is 3. The first-order chi connectivity index (χ1) is 9.76. The molecule has 0 spiro atoms. The molecule has 1 aromatic carbocycles. The number of hydrogen-bond acceptors (Lipinski definition) is 6. The molecule has 20 heavy (non-hydrogen) atoms. The molecule has 0 amide bonds. The predicted molar refractivity (Wildman–Crippen MR) is 75.4 cm³/mol. The maximum absolute atomic E-state index is 9.47. The second kappa shape index (κ2) is 5.34. The minimum atomic E-state index is 0.198. The Labute approximate surface area is 116 Å². The van der Waals surface area contributed by atoms with Crippen molar-refractivity contribution in [2.45, 2.75) is 13.0 Å². The summed E-state index contributed by atoms with van der Waals surface area (Å²) in [4.78, 5) is 8.89. The number of nitrogens with zero attached hydrogens (tertiary/aromatic N) is 2. The molecule has 0 atom stereocenters. The van der Waals surface area contributed by atoms with Gasteiger partial charge in [0.2, 0.25) is 11.8 Å². The third-order valence-corrected chi connectivity index (χ3v) is 3.19. The summed E-state index contributed by atoms with van der Waals surface area (Å²) in [6.07, 6.45) is 0.850. The van der Waals surface area contributed by atoms with Gasteiger partial charge in [0, 0.05) is 36.8 Å². The van der Waals surface area contributed by atoms with Gasteiger partial charge in [-0.3, -0.25) is 0 Å². The van der Waals surface area contributed by atoms with Crippen molar-refractivity contribution >= 4 is 11.6 Å². The third-order valence-electron chi connectivity index (χ3n) is 3.19. The largest absolute Gasteiger partial charge is 0.508 e. The summed E-state index contributed by atoms with van der Waals surface area (Å²) in [7, 11) is 1.61. The summed E-state index contributed by atoms with van der Waals surface area (Å²) in [5.74, 6) is 1.27. The van der Waals surface area contributed by atoms with Gasteiger partial charge in [-0.25, -0.2) is 4.98 Å². The van der Waals surface area contributed by atoms with Gasteiger partial charge in [-0.05, 0) is 12.1 Å². The molecule has 3 rings (SSSR count). The molecule has 0 unspecified atom stereocenters. The zero-order valence-corrected chi connectivity index (χ0v) is 11.2. The van der Waals surface area contributed by atoms with E-state index >= 15 is 0 Å². The quantitative estimate of drug-likeness (QED) is 0.787. The number of phenolic OH excluding ortho intramolecular Hbond substituents is 1. The van der Waals surface area contributed by atoms with Crippen molar-refractivity contribution < 1.29 is 9.84 Å². The lowest BCUT2D eigenvalue weighted by molar-refractivity contribution is 0.386. The van der Waals surface area contributed by atoms with Crippen molar-refractivity contribution in [1.29, 1.82) is 0 Å². The van der Waals surface area contributed by atoms with Crippen LogP contribution in [0.2, 0.25) is 0 Å². The molecule has 6 nitrogen and oxygen atoms in total. The number of aromatic nitrogens is 2. The molecule has 0 saturated heterocycles. The molecule has 6 heteroatoms. The van der Waals surface area contributed by atoms with Crippen LogP contribution in [0.25, 0.3) is 0 Å². The molecule has 0 bridgehead atoms. The van der Waals surface area contributed by atoms with Crippen molar-refractivity contribution in [3.63, 3.8) is 0 Å². The predicted octanol–water partition coefficient (Wildman–Crippen LogP) is 1.58. The zero-order chi connectivity index (χ0) is 13.9. The van der Waals surface area contributed by atoms with Gasteiger partial charge < -0.3 is 20.5 Å². The van der Waals surface area contributed by atoms with E-state index in [1.54, 1.807) is 25.3 Å². The van der Waals surface area contributed by atoms with Gasteiger partial charge in [0.25, 0.3) is 0 Å². The summed E-state index contributed by atoms with van der Waals surface area (Å²) < 4.78 is 5.33. The minimum Gasteiger partial charge on any atom is -0.508 e. The van der Waals surface area contributed by atoms with E-state index in [0.29, 0.717) is 11.8 Å². The number of hydrogen-bond donors (Lipinski definition) is 3. The monoisotopic (exact) mass is 272 g/mol. The Bertz CT molecular complexity index is 613. The molecule has 1 aromatic heterocycles. The molecule has 3 N–H and O–H groups in total. The van der Waals surface area contributed by atoms with Crippen LogP contribution in [-0.2, 0) is 13.0 Å². The molecule has 0 radical (unpaired) electrons. The number of benzene rings is 1. The lowest BCUT2D eigenvalue weighted by atomic mass is 10.1. The maximum atomic E-state index is 9.47. The highest BCUT2D eigenvalue weighted by Gasteiger charge is 2.18. The Hall–Kier alpha value is -2.34. The first-order valence-corrected chi connectivity index (χ1v) is 6.47. The average Bonchev–Trinajstić information content (AvgIpc) is 2.46. The van der Waals surface area contributed by atoms with E-state index in [4.69, 9.17) is 4.74 Å². The van der Waals surface area contributed by atoms with Crippen LogP contribution in [0.4, 0.5) is 11.6 Å². The summed E-state index contributed by atoms with van der Waals surface area (Å²) in [6.45, 7) is 1.63. The van der Waals surface area contributed by atoms with E-state index in [1.165, 1.54) is 0 Å². The van der Waals surface area contributed by atoms with Crippen LogP contribution in [0.15, 0.2) is 24.3 Å². The zero-order valence-electron chi connectivity index (χ0n) is 11.2. The normalized spacial score (nSPS) is 13.7. The maximum Gasteiger partial charge on any atom is 0.230 e. The van der Waals surface area contributed by atoms with Gasteiger partial charge in [0.05, 0.1) is 12.8 Å². The average molecular weight is 272 g/mol. The van der Waals surface area contributed by atoms with Crippen LogP contribution >= 0.6 is 0 Å². The Balaban J connectivity index is 1.94. The van der Waals surface area contributed by atoms with Crippen LogP contribution in [0.5, 0.6) is 11.6 Å². The summed E-state index contributed by atoms with van der Waals surface area (Å²) >= 11 is 0. The van der Waals surface area contributed by atoms with Gasteiger partial charge in [-0.15, -0.1) is 0 Å². The highest BCUT2D eigenvalue weighted by atomic mass is 16.5. The van der Waals surface area contributed by atoms with Gasteiger partial charge in [0.1, 0.15) is 5.75 Å². The smallest absolute Gasteiger partial charge is 0.230 e. The van der Waals surface area contributed by atoms with Gasteiger partial charge in [0.15, 0.2) is 0 Å². The third kappa shape index (κ3) is 2.50. The van der Waals surface area contributed by atoms with E-state index in [1.807, 2.05) is 6.07 Å². The standard InChI is InChI=1S/C14H16N4O2/c1-20-13-11-8-15-6-5-12(11)17-14(18-13)16-9-3-2-4-10(19)7-9/h2-4,7,15,19H,5-6,8H2,1H3,(H,16,17,18). The van der Waals surface area contributed by atoms with E-state index in [2.05, 4.69) is 20.6 Å². The summed E-state index contributed by atoms with van der Waals surface area (Å²) in [5.41, 5.74) is 2.75. The molecular formula is C14H16N4O2. The molecule has 1 aliphatic rings. The lowest BCUT2D eigenvalue weighted by Gasteiger charge is -2.19. The fourth-order valence-corrected chi connectivity index (χ4v) is 2.25. The van der Waals surface area contributed by atoms with E-state index in [0.717, 1.165) is 36.5 Å². The van der Waals surface area contributed by atoms with E-state index < -0.39 is 0 Å². The van der Waals surface area contributed by atoms with E-state index in [9.17, 15) is 5.11 Å². The first-order valence-electron chi connectivity index (χ1n) is 6.47. The van der Waals surface area contributed by atoms with Crippen molar-refractivity contribution in [1.82, 2.24) is 15.3 Å². The first kappa shape index (κ1) is 12.7. The summed E-state index contributed by atoms with van der Waals surface area (Å²) in [5, 5.41) is 15.8. The SMILES string of the molecule is COc1nc(Nc2cccc(O)c2)nc2c1CNCC2. The number of phenols is 1. The topological polar surface area (TPSA) is 79.3 Å². The highest BCUT2D eigenvalue weighted by Crippen LogP contribution is 2.25. The van der Waals surface area contributed by atoms with Crippen LogP contribution in [0.1, 0.15) is 11.3 Å². The minimum absolute atomic E-state index is 0.198. The molecule has 0 aliphatic carbocycles. The second-order valence-corrected chi connectivity index (χ2v) is 4.58. The number of ether oxygens (including phenoxy) is 1. The molecule has 2 aromatic rings. The highest BCUT2D eigenvalue weighted by molar-refractivity contribution is 5.56. The number of methoxy groups -OCH3 is 1. The van der Waals surface area contributed by atoms with Gasteiger partial charge in [-0.2, -0.15) is 4.98 Å². The number of fused-ring (bicyclic) bond motifs is 1. The molecule has 104 valence electrons. The fraction of sp³-hybridized carbons (Fsp3) is 0.286. The van der Waals surface area contributed by atoms with Crippen molar-refractivity contribution in [3.8, 4) is 11.6 Å². The second-order valence-electron chi connectivity index (χ2n) is 4.58. The number of aromatic hydroxyl groups is 1. The van der Waals surface area contributed by atoms with Crippen molar-refractivity contribution in [3.05, 3.63) is 35.5 Å². The summed E-state index contributed by atoms with van der Waals surface area (Å²) in [6, 6.07) is 6.84. The Kier molecular flexibility index (Phi) is 3.39. The molecule has 0 fully saturated rings. The van der Waals surface area contributed by atoms with Crippen LogP contribution < -0.4 is 15.4 Å². The number of anilines is 2. The molecular weight excluding hydrogens is 256 g/mol. The van der Waals surface area contributed by atoms with Crippen molar-refractivity contribution in [2.75, 3.05) is 19.0 Å². The Morgan fingerprint density at radius 1 is 1.35 bits per heavy atom. The van der Waals surface area contributed by atoms with E-state index in [-0.39, 0.29) is 5.75 Å². The lowest BCUT2D eigenvalue weighted by Crippen LogP contribution is -2.26. The van der Waals surface area contributed by atoms with Crippen LogP contribution in [0.3, 0.4) is 0 Å². The number of nitrogens with one attached hydrogen (secondary N) is 2. The molecule has 1 aliphatic heterocycles. The van der Waals surface area contributed by atoms with Crippen LogP contribution in [0, 0.1) is 0 Å². The molecule has 2 heterocycles.